The maximum atomic E-state index is 4.69. The van der Waals surface area contributed by atoms with Gasteiger partial charge in [-0.25, -0.2) is 9.97 Å². The minimum Gasteiger partial charge on any atom is -0.309 e. The number of aromatic nitrogens is 3. The molecule has 1 N–H and O–H groups in total. The van der Waals surface area contributed by atoms with Crippen molar-refractivity contribution in [2.75, 3.05) is 6.54 Å². The number of rotatable bonds is 6. The van der Waals surface area contributed by atoms with Gasteiger partial charge in [0.25, 0.3) is 0 Å². The molecule has 3 rings (SSSR count). The van der Waals surface area contributed by atoms with Crippen LogP contribution in [0.5, 0.6) is 0 Å². The van der Waals surface area contributed by atoms with Crippen molar-refractivity contribution >= 4 is 27.6 Å². The molecule has 3 aromatic heterocycles. The minimum absolute atomic E-state index is 0.312. The average molecular weight is 306 g/mol. The lowest BCUT2D eigenvalue weighted by atomic mass is 10.1. The molecule has 106 valence electrons. The Kier molecular flexibility index (Phi) is 4.14. The second-order valence-corrected chi connectivity index (χ2v) is 6.60. The summed E-state index contributed by atoms with van der Waals surface area (Å²) < 4.78 is 2.09. The monoisotopic (exact) mass is 306 g/mol. The van der Waals surface area contributed by atoms with E-state index in [2.05, 4.69) is 51.3 Å². The summed E-state index contributed by atoms with van der Waals surface area (Å²) >= 11 is 3.41. The third-order valence-electron chi connectivity index (χ3n) is 3.30. The SMILES string of the molecule is CCCNC(Cc1cn2ccsc2n1)c1scnc1C. The van der Waals surface area contributed by atoms with Crippen LogP contribution in [0.1, 0.15) is 35.7 Å². The maximum absolute atomic E-state index is 4.69. The van der Waals surface area contributed by atoms with Gasteiger partial charge in [0.1, 0.15) is 0 Å². The highest BCUT2D eigenvalue weighted by atomic mass is 32.1. The molecule has 0 aliphatic rings. The third-order valence-corrected chi connectivity index (χ3v) is 5.11. The van der Waals surface area contributed by atoms with Crippen LogP contribution in [0.25, 0.3) is 4.96 Å². The molecule has 1 atom stereocenters. The lowest BCUT2D eigenvalue weighted by Gasteiger charge is -2.16. The zero-order valence-corrected chi connectivity index (χ0v) is 13.3. The molecule has 1 unspecified atom stereocenters. The van der Waals surface area contributed by atoms with Gasteiger partial charge in [0.2, 0.25) is 0 Å². The Labute approximate surface area is 126 Å². The average Bonchev–Trinajstić information content (AvgIpc) is 3.10. The van der Waals surface area contributed by atoms with Crippen LogP contribution in [0.15, 0.2) is 23.3 Å². The van der Waals surface area contributed by atoms with Crippen molar-refractivity contribution < 1.29 is 0 Å². The summed E-state index contributed by atoms with van der Waals surface area (Å²) in [7, 11) is 0. The van der Waals surface area contributed by atoms with E-state index in [4.69, 9.17) is 0 Å². The molecule has 0 aliphatic carbocycles. The number of nitrogens with zero attached hydrogens (tertiary/aromatic N) is 3. The lowest BCUT2D eigenvalue weighted by molar-refractivity contribution is 0.530. The minimum atomic E-state index is 0.312. The Hall–Kier alpha value is -1.24. The molecule has 0 saturated heterocycles. The summed E-state index contributed by atoms with van der Waals surface area (Å²) in [5.41, 5.74) is 4.19. The molecule has 3 aromatic rings. The van der Waals surface area contributed by atoms with Crippen molar-refractivity contribution in [3.05, 3.63) is 39.5 Å². The number of hydrogen-bond donors (Lipinski definition) is 1. The van der Waals surface area contributed by atoms with Gasteiger partial charge < -0.3 is 5.32 Å². The highest BCUT2D eigenvalue weighted by Crippen LogP contribution is 2.25. The summed E-state index contributed by atoms with van der Waals surface area (Å²) in [4.78, 5) is 11.5. The van der Waals surface area contributed by atoms with Crippen molar-refractivity contribution in [1.82, 2.24) is 19.7 Å². The standard InChI is InChI=1S/C14H18N4S2/c1-3-4-15-12(13-10(2)16-9-20-13)7-11-8-18-5-6-19-14(18)17-11/h5-6,8-9,12,15H,3-4,7H2,1-2H3. The van der Waals surface area contributed by atoms with Gasteiger partial charge in [0.05, 0.1) is 16.9 Å². The first-order valence-corrected chi connectivity index (χ1v) is 8.58. The van der Waals surface area contributed by atoms with Gasteiger partial charge in [-0.3, -0.25) is 4.40 Å². The number of imidazole rings is 1. The van der Waals surface area contributed by atoms with Crippen molar-refractivity contribution in [2.45, 2.75) is 32.7 Å². The second kappa shape index (κ2) is 6.03. The van der Waals surface area contributed by atoms with E-state index in [1.165, 1.54) is 4.88 Å². The number of thiazole rings is 2. The molecular weight excluding hydrogens is 288 g/mol. The van der Waals surface area contributed by atoms with Crippen molar-refractivity contribution in [3.8, 4) is 0 Å². The van der Waals surface area contributed by atoms with Crippen LogP contribution < -0.4 is 5.32 Å². The Morgan fingerprint density at radius 3 is 3.00 bits per heavy atom. The molecule has 3 heterocycles. The first-order valence-electron chi connectivity index (χ1n) is 6.82. The first kappa shape index (κ1) is 13.7. The zero-order chi connectivity index (χ0) is 13.9. The second-order valence-electron chi connectivity index (χ2n) is 4.84. The van der Waals surface area contributed by atoms with Gasteiger partial charge in [-0.1, -0.05) is 6.92 Å². The number of fused-ring (bicyclic) bond motifs is 1. The Bertz CT molecular complexity index is 654. The van der Waals surface area contributed by atoms with E-state index in [0.717, 1.165) is 35.7 Å². The Morgan fingerprint density at radius 2 is 2.30 bits per heavy atom. The maximum Gasteiger partial charge on any atom is 0.193 e. The molecular formula is C14H18N4S2. The summed E-state index contributed by atoms with van der Waals surface area (Å²) in [6.45, 7) is 5.29. The molecule has 20 heavy (non-hydrogen) atoms. The van der Waals surface area contributed by atoms with Gasteiger partial charge in [-0.15, -0.1) is 22.7 Å². The van der Waals surface area contributed by atoms with Crippen LogP contribution in [0, 0.1) is 6.92 Å². The fraction of sp³-hybridized carbons (Fsp3) is 0.429. The molecule has 0 spiro atoms. The smallest absolute Gasteiger partial charge is 0.193 e. The van der Waals surface area contributed by atoms with Crippen LogP contribution >= 0.6 is 22.7 Å². The van der Waals surface area contributed by atoms with Crippen molar-refractivity contribution in [3.63, 3.8) is 0 Å². The first-order chi connectivity index (χ1) is 9.78. The van der Waals surface area contributed by atoms with Crippen LogP contribution in [0.2, 0.25) is 0 Å². The van der Waals surface area contributed by atoms with E-state index < -0.39 is 0 Å². The normalized spacial score (nSPS) is 13.1. The van der Waals surface area contributed by atoms with E-state index in [0.29, 0.717) is 6.04 Å². The fourth-order valence-electron chi connectivity index (χ4n) is 2.31. The molecule has 4 nitrogen and oxygen atoms in total. The highest BCUT2D eigenvalue weighted by Gasteiger charge is 2.17. The van der Waals surface area contributed by atoms with Gasteiger partial charge in [-0.2, -0.15) is 0 Å². The van der Waals surface area contributed by atoms with E-state index >= 15 is 0 Å². The number of nitrogens with one attached hydrogen (secondary N) is 1. The van der Waals surface area contributed by atoms with Crippen molar-refractivity contribution in [2.24, 2.45) is 0 Å². The van der Waals surface area contributed by atoms with E-state index in [1.807, 2.05) is 5.51 Å². The van der Waals surface area contributed by atoms with Crippen LogP contribution in [0.4, 0.5) is 0 Å². The molecule has 0 saturated carbocycles. The van der Waals surface area contributed by atoms with Crippen LogP contribution in [-0.4, -0.2) is 20.9 Å². The van der Waals surface area contributed by atoms with Crippen LogP contribution in [0.3, 0.4) is 0 Å². The summed E-state index contributed by atoms with van der Waals surface area (Å²) in [5.74, 6) is 0. The summed E-state index contributed by atoms with van der Waals surface area (Å²) in [6, 6.07) is 0.312. The zero-order valence-electron chi connectivity index (χ0n) is 11.7. The van der Waals surface area contributed by atoms with E-state index in [9.17, 15) is 0 Å². The van der Waals surface area contributed by atoms with E-state index in [1.54, 1.807) is 22.7 Å². The predicted molar refractivity (Wildman–Crippen MR) is 84.7 cm³/mol. The van der Waals surface area contributed by atoms with Crippen molar-refractivity contribution in [1.29, 1.82) is 0 Å². The van der Waals surface area contributed by atoms with Gasteiger partial charge in [0, 0.05) is 35.1 Å². The van der Waals surface area contributed by atoms with Gasteiger partial charge in [0.15, 0.2) is 4.96 Å². The molecule has 0 radical (unpaired) electrons. The largest absolute Gasteiger partial charge is 0.309 e. The number of aryl methyl sites for hydroxylation is 1. The summed E-state index contributed by atoms with van der Waals surface area (Å²) in [5, 5.41) is 5.68. The molecule has 0 fully saturated rings. The molecule has 6 heteroatoms. The topological polar surface area (TPSA) is 42.2 Å². The molecule has 0 aromatic carbocycles. The van der Waals surface area contributed by atoms with E-state index in [-0.39, 0.29) is 0 Å². The highest BCUT2D eigenvalue weighted by molar-refractivity contribution is 7.15. The quantitative estimate of drug-likeness (QED) is 0.758. The molecule has 0 bridgehead atoms. The third kappa shape index (κ3) is 2.77. The molecule has 0 aliphatic heterocycles. The van der Waals surface area contributed by atoms with Gasteiger partial charge in [-0.05, 0) is 19.9 Å². The molecule has 0 amide bonds. The predicted octanol–water partition coefficient (Wildman–Crippen LogP) is 3.44. The van der Waals surface area contributed by atoms with Crippen LogP contribution in [-0.2, 0) is 6.42 Å². The lowest BCUT2D eigenvalue weighted by Crippen LogP contribution is -2.24. The summed E-state index contributed by atoms with van der Waals surface area (Å²) in [6.07, 6.45) is 6.23. The van der Waals surface area contributed by atoms with Gasteiger partial charge >= 0.3 is 0 Å². The Balaban J connectivity index is 1.82. The fourth-order valence-corrected chi connectivity index (χ4v) is 3.90. The number of hydrogen-bond acceptors (Lipinski definition) is 5. The Morgan fingerprint density at radius 1 is 1.40 bits per heavy atom.